The molecule has 0 radical (unpaired) electrons. The highest BCUT2D eigenvalue weighted by atomic mass is 32.2. The molecule has 0 atom stereocenters. The van der Waals surface area contributed by atoms with Crippen LogP contribution in [-0.4, -0.2) is 12.5 Å². The van der Waals surface area contributed by atoms with E-state index in [2.05, 4.69) is 0 Å². The number of hydrogen-bond acceptors (Lipinski definition) is 2. The van der Waals surface area contributed by atoms with Gasteiger partial charge in [-0.25, -0.2) is 4.39 Å². The maximum absolute atomic E-state index is 13.0. The van der Waals surface area contributed by atoms with Crippen LogP contribution in [0.2, 0.25) is 0 Å². The van der Waals surface area contributed by atoms with Gasteiger partial charge in [0.15, 0.2) is 0 Å². The summed E-state index contributed by atoms with van der Waals surface area (Å²) in [5.41, 5.74) is 1.01. The molecule has 0 aromatic heterocycles. The summed E-state index contributed by atoms with van der Waals surface area (Å²) in [7, 11) is 0. The molecule has 13 heavy (non-hydrogen) atoms. The Bertz CT molecular complexity index is 299. The number of carbonyl (C=O) groups is 1. The number of carbonyl (C=O) groups excluding carboxylic acids is 1. The molecule has 0 saturated heterocycles. The molecule has 1 nitrogen and oxygen atoms in total. The fraction of sp³-hybridized carbons (Fsp3) is 0.300. The molecule has 1 aromatic rings. The third-order valence-corrected chi connectivity index (χ3v) is 2.52. The molecule has 0 aliphatic carbocycles. The number of aldehydes is 1. The summed E-state index contributed by atoms with van der Waals surface area (Å²) in [6, 6.07) is 4.97. The maximum atomic E-state index is 13.0. The van der Waals surface area contributed by atoms with Gasteiger partial charge in [0, 0.05) is 11.3 Å². The van der Waals surface area contributed by atoms with Crippen LogP contribution in [0.4, 0.5) is 4.39 Å². The van der Waals surface area contributed by atoms with Crippen LogP contribution in [0.1, 0.15) is 12.0 Å². The molecule has 1 aromatic carbocycles. The Morgan fingerprint density at radius 3 is 2.92 bits per heavy atom. The van der Waals surface area contributed by atoms with Gasteiger partial charge < -0.3 is 4.79 Å². The SMILES string of the molecule is CSc1cc(CCC=O)ccc1F. The Balaban J connectivity index is 2.79. The fourth-order valence-electron chi connectivity index (χ4n) is 1.09. The maximum Gasteiger partial charge on any atom is 0.136 e. The van der Waals surface area contributed by atoms with E-state index in [1.165, 1.54) is 17.8 Å². The van der Waals surface area contributed by atoms with Crippen molar-refractivity contribution in [3.63, 3.8) is 0 Å². The van der Waals surface area contributed by atoms with Gasteiger partial charge in [0.05, 0.1) is 0 Å². The average Bonchev–Trinajstić information content (AvgIpc) is 2.16. The molecule has 70 valence electrons. The molecule has 1 rings (SSSR count). The van der Waals surface area contributed by atoms with Crippen LogP contribution in [0.15, 0.2) is 23.1 Å². The molecule has 0 saturated carbocycles. The third kappa shape index (κ3) is 2.84. The normalized spacial score (nSPS) is 10.0. The van der Waals surface area contributed by atoms with Gasteiger partial charge in [-0.15, -0.1) is 11.8 Å². The number of thioether (sulfide) groups is 1. The fourth-order valence-corrected chi connectivity index (χ4v) is 1.62. The minimum absolute atomic E-state index is 0.192. The largest absolute Gasteiger partial charge is 0.303 e. The van der Waals surface area contributed by atoms with Gasteiger partial charge in [-0.05, 0) is 30.4 Å². The van der Waals surface area contributed by atoms with Gasteiger partial charge in [-0.3, -0.25) is 0 Å². The lowest BCUT2D eigenvalue weighted by atomic mass is 10.1. The van der Waals surface area contributed by atoms with Crippen molar-refractivity contribution < 1.29 is 9.18 Å². The van der Waals surface area contributed by atoms with E-state index >= 15 is 0 Å². The van der Waals surface area contributed by atoms with E-state index in [9.17, 15) is 9.18 Å². The molecule has 0 spiro atoms. The van der Waals surface area contributed by atoms with Gasteiger partial charge in [-0.2, -0.15) is 0 Å². The van der Waals surface area contributed by atoms with E-state index in [-0.39, 0.29) is 5.82 Å². The number of hydrogen-bond donors (Lipinski definition) is 0. The number of halogens is 1. The van der Waals surface area contributed by atoms with E-state index < -0.39 is 0 Å². The van der Waals surface area contributed by atoms with Gasteiger partial charge >= 0.3 is 0 Å². The van der Waals surface area contributed by atoms with Crippen molar-refractivity contribution in [3.05, 3.63) is 29.6 Å². The van der Waals surface area contributed by atoms with Crippen molar-refractivity contribution in [3.8, 4) is 0 Å². The summed E-state index contributed by atoms with van der Waals surface area (Å²) in [5, 5.41) is 0. The summed E-state index contributed by atoms with van der Waals surface area (Å²) < 4.78 is 13.0. The molecule has 0 amide bonds. The van der Waals surface area contributed by atoms with Crippen molar-refractivity contribution in [2.75, 3.05) is 6.26 Å². The summed E-state index contributed by atoms with van der Waals surface area (Å²) in [5.74, 6) is -0.192. The van der Waals surface area contributed by atoms with Crippen molar-refractivity contribution in [2.24, 2.45) is 0 Å². The molecule has 0 unspecified atom stereocenters. The molecule has 0 N–H and O–H groups in total. The Labute approximate surface area is 81.3 Å². The first-order valence-corrected chi connectivity index (χ1v) is 5.26. The van der Waals surface area contributed by atoms with E-state index in [1.54, 1.807) is 12.1 Å². The standard InChI is InChI=1S/C10H11FOS/c1-13-10-7-8(3-2-6-12)4-5-9(10)11/h4-7H,2-3H2,1H3. The molecule has 0 fully saturated rings. The number of aryl methyl sites for hydroxylation is 1. The minimum Gasteiger partial charge on any atom is -0.303 e. The highest BCUT2D eigenvalue weighted by molar-refractivity contribution is 7.98. The molecule has 0 bridgehead atoms. The highest BCUT2D eigenvalue weighted by Crippen LogP contribution is 2.20. The summed E-state index contributed by atoms with van der Waals surface area (Å²) in [6.45, 7) is 0. The van der Waals surface area contributed by atoms with E-state index in [4.69, 9.17) is 0 Å². The van der Waals surface area contributed by atoms with Gasteiger partial charge in [0.2, 0.25) is 0 Å². The van der Waals surface area contributed by atoms with Crippen LogP contribution >= 0.6 is 11.8 Å². The van der Waals surface area contributed by atoms with Crippen LogP contribution in [0, 0.1) is 5.82 Å². The zero-order valence-electron chi connectivity index (χ0n) is 7.42. The van der Waals surface area contributed by atoms with E-state index in [0.29, 0.717) is 17.7 Å². The van der Waals surface area contributed by atoms with Crippen molar-refractivity contribution in [2.45, 2.75) is 17.7 Å². The second kappa shape index (κ2) is 5.02. The Morgan fingerprint density at radius 1 is 1.54 bits per heavy atom. The lowest BCUT2D eigenvalue weighted by molar-refractivity contribution is -0.107. The molecule has 0 aliphatic rings. The van der Waals surface area contributed by atoms with Crippen LogP contribution in [-0.2, 0) is 11.2 Å². The average molecular weight is 198 g/mol. The second-order valence-electron chi connectivity index (χ2n) is 2.67. The van der Waals surface area contributed by atoms with Gasteiger partial charge in [0.1, 0.15) is 12.1 Å². The van der Waals surface area contributed by atoms with Gasteiger partial charge in [0.25, 0.3) is 0 Å². The van der Waals surface area contributed by atoms with Gasteiger partial charge in [-0.1, -0.05) is 6.07 Å². The topological polar surface area (TPSA) is 17.1 Å². The quantitative estimate of drug-likeness (QED) is 0.546. The lowest BCUT2D eigenvalue weighted by Crippen LogP contribution is -1.88. The second-order valence-corrected chi connectivity index (χ2v) is 3.52. The first-order chi connectivity index (χ1) is 6.27. The first kappa shape index (κ1) is 10.3. The van der Waals surface area contributed by atoms with Crippen LogP contribution < -0.4 is 0 Å². The van der Waals surface area contributed by atoms with E-state index in [0.717, 1.165) is 11.8 Å². The number of rotatable bonds is 4. The number of benzene rings is 1. The summed E-state index contributed by atoms with van der Waals surface area (Å²) >= 11 is 1.38. The highest BCUT2D eigenvalue weighted by Gasteiger charge is 2.01. The molecule has 0 aliphatic heterocycles. The molecule has 3 heteroatoms. The van der Waals surface area contributed by atoms with Crippen LogP contribution in [0.5, 0.6) is 0 Å². The molecular weight excluding hydrogens is 187 g/mol. The Morgan fingerprint density at radius 2 is 2.31 bits per heavy atom. The smallest absolute Gasteiger partial charge is 0.136 e. The van der Waals surface area contributed by atoms with E-state index in [1.807, 2.05) is 6.26 Å². The Kier molecular flexibility index (Phi) is 3.96. The van der Waals surface area contributed by atoms with Crippen molar-refractivity contribution >= 4 is 18.0 Å². The predicted molar refractivity (Wildman–Crippen MR) is 52.6 cm³/mol. The van der Waals surface area contributed by atoms with Crippen molar-refractivity contribution in [1.82, 2.24) is 0 Å². The third-order valence-electron chi connectivity index (χ3n) is 1.77. The molecule has 0 heterocycles. The first-order valence-electron chi connectivity index (χ1n) is 4.04. The van der Waals surface area contributed by atoms with Crippen LogP contribution in [0.3, 0.4) is 0 Å². The lowest BCUT2D eigenvalue weighted by Gasteiger charge is -2.02. The van der Waals surface area contributed by atoms with Crippen molar-refractivity contribution in [1.29, 1.82) is 0 Å². The summed E-state index contributed by atoms with van der Waals surface area (Å²) in [4.78, 5) is 10.8. The predicted octanol–water partition coefficient (Wildman–Crippen LogP) is 2.68. The monoisotopic (exact) mass is 198 g/mol. The zero-order valence-corrected chi connectivity index (χ0v) is 8.23. The summed E-state index contributed by atoms with van der Waals surface area (Å²) in [6.07, 6.45) is 3.90. The molecular formula is C10H11FOS. The zero-order chi connectivity index (χ0) is 9.68. The van der Waals surface area contributed by atoms with Crippen LogP contribution in [0.25, 0.3) is 0 Å². The Hall–Kier alpha value is -0.830. The minimum atomic E-state index is -0.192.